The number of nitrogens with one attached hydrogen (secondary N) is 1. The smallest absolute Gasteiger partial charge is 0.253 e. The normalized spacial score (nSPS) is 22.5. The molecule has 0 spiro atoms. The van der Waals surface area contributed by atoms with Crippen LogP contribution < -0.4 is 11.1 Å². The van der Waals surface area contributed by atoms with Crippen molar-refractivity contribution in [1.82, 2.24) is 5.32 Å². The Labute approximate surface area is 129 Å². The molecular formula is C16H23BrN2O. The Kier molecular flexibility index (Phi) is 5.46. The van der Waals surface area contributed by atoms with Gasteiger partial charge in [-0.1, -0.05) is 48.5 Å². The quantitative estimate of drug-likeness (QED) is 0.816. The van der Waals surface area contributed by atoms with Crippen LogP contribution in [-0.4, -0.2) is 12.5 Å². The van der Waals surface area contributed by atoms with Crippen molar-refractivity contribution in [3.63, 3.8) is 0 Å². The maximum Gasteiger partial charge on any atom is 0.253 e. The molecule has 2 rings (SSSR count). The van der Waals surface area contributed by atoms with Crippen LogP contribution in [0.3, 0.4) is 0 Å². The fraction of sp³-hybridized carbons (Fsp3) is 0.562. The fourth-order valence-corrected chi connectivity index (χ4v) is 3.22. The minimum atomic E-state index is -0.0702. The standard InChI is InChI=1S/C16H23BrN2O/c1-11-2-4-12(5-3-11)8-9-19-16(20)14-7-6-13(17)10-15(14)18/h6-7,10-12H,2-5,8-9,18H2,1H3,(H,19,20). The van der Waals surface area contributed by atoms with Crippen molar-refractivity contribution in [1.29, 1.82) is 0 Å². The molecule has 1 amide bonds. The second-order valence-electron chi connectivity index (χ2n) is 5.90. The van der Waals surface area contributed by atoms with Gasteiger partial charge in [0.05, 0.1) is 5.56 Å². The van der Waals surface area contributed by atoms with E-state index >= 15 is 0 Å². The van der Waals surface area contributed by atoms with Crippen molar-refractivity contribution in [2.24, 2.45) is 11.8 Å². The molecule has 0 radical (unpaired) electrons. The number of hydrogen-bond acceptors (Lipinski definition) is 2. The molecule has 0 bridgehead atoms. The molecule has 3 nitrogen and oxygen atoms in total. The number of benzene rings is 1. The predicted octanol–water partition coefficient (Wildman–Crippen LogP) is 3.98. The highest BCUT2D eigenvalue weighted by atomic mass is 79.9. The third kappa shape index (κ3) is 4.23. The van der Waals surface area contributed by atoms with E-state index < -0.39 is 0 Å². The number of rotatable bonds is 4. The van der Waals surface area contributed by atoms with Crippen molar-refractivity contribution >= 4 is 27.5 Å². The molecule has 1 aromatic rings. The number of nitrogens with two attached hydrogens (primary N) is 1. The largest absolute Gasteiger partial charge is 0.398 e. The Balaban J connectivity index is 1.77. The molecular weight excluding hydrogens is 316 g/mol. The van der Waals surface area contributed by atoms with E-state index in [1.165, 1.54) is 25.7 Å². The van der Waals surface area contributed by atoms with E-state index in [9.17, 15) is 4.79 Å². The molecule has 20 heavy (non-hydrogen) atoms. The van der Waals surface area contributed by atoms with Gasteiger partial charge in [-0.25, -0.2) is 0 Å². The van der Waals surface area contributed by atoms with Crippen LogP contribution in [0.4, 0.5) is 5.69 Å². The van der Waals surface area contributed by atoms with Gasteiger partial charge in [-0.3, -0.25) is 4.79 Å². The fourth-order valence-electron chi connectivity index (χ4n) is 2.84. The summed E-state index contributed by atoms with van der Waals surface area (Å²) in [6.45, 7) is 3.07. The summed E-state index contributed by atoms with van der Waals surface area (Å²) in [7, 11) is 0. The van der Waals surface area contributed by atoms with Crippen LogP contribution in [0.2, 0.25) is 0 Å². The highest BCUT2D eigenvalue weighted by molar-refractivity contribution is 9.10. The Morgan fingerprint density at radius 3 is 2.70 bits per heavy atom. The van der Waals surface area contributed by atoms with Crippen LogP contribution >= 0.6 is 15.9 Å². The van der Waals surface area contributed by atoms with E-state index in [1.807, 2.05) is 6.07 Å². The lowest BCUT2D eigenvalue weighted by molar-refractivity contribution is 0.0950. The van der Waals surface area contributed by atoms with Gasteiger partial charge >= 0.3 is 0 Å². The average Bonchev–Trinajstić information content (AvgIpc) is 2.41. The van der Waals surface area contributed by atoms with Gasteiger partial charge in [0.15, 0.2) is 0 Å². The summed E-state index contributed by atoms with van der Waals surface area (Å²) in [6, 6.07) is 5.36. The summed E-state index contributed by atoms with van der Waals surface area (Å²) in [4.78, 5) is 12.1. The van der Waals surface area contributed by atoms with Gasteiger partial charge in [-0.2, -0.15) is 0 Å². The molecule has 1 aromatic carbocycles. The third-order valence-electron chi connectivity index (χ3n) is 4.23. The van der Waals surface area contributed by atoms with Gasteiger partial charge in [0, 0.05) is 16.7 Å². The predicted molar refractivity (Wildman–Crippen MR) is 86.6 cm³/mol. The SMILES string of the molecule is CC1CCC(CCNC(=O)c2ccc(Br)cc2N)CC1. The number of anilines is 1. The molecule has 0 heterocycles. The van der Waals surface area contributed by atoms with E-state index in [-0.39, 0.29) is 5.91 Å². The van der Waals surface area contributed by atoms with Crippen molar-refractivity contribution in [2.75, 3.05) is 12.3 Å². The lowest BCUT2D eigenvalue weighted by Gasteiger charge is -2.26. The zero-order chi connectivity index (χ0) is 14.5. The van der Waals surface area contributed by atoms with Crippen LogP contribution in [0.5, 0.6) is 0 Å². The number of carbonyl (C=O) groups is 1. The topological polar surface area (TPSA) is 55.1 Å². The summed E-state index contributed by atoms with van der Waals surface area (Å²) in [5, 5.41) is 2.98. The van der Waals surface area contributed by atoms with Gasteiger partial charge in [0.1, 0.15) is 0 Å². The lowest BCUT2D eigenvalue weighted by atomic mass is 9.81. The summed E-state index contributed by atoms with van der Waals surface area (Å²) in [5.41, 5.74) is 6.94. The zero-order valence-electron chi connectivity index (χ0n) is 12.0. The highest BCUT2D eigenvalue weighted by Crippen LogP contribution is 2.30. The van der Waals surface area contributed by atoms with Crippen molar-refractivity contribution in [2.45, 2.75) is 39.0 Å². The molecule has 1 aliphatic rings. The first-order valence-corrected chi connectivity index (χ1v) is 8.18. The number of hydrogen-bond donors (Lipinski definition) is 2. The average molecular weight is 339 g/mol. The number of nitrogen functional groups attached to an aromatic ring is 1. The van der Waals surface area contributed by atoms with E-state index in [1.54, 1.807) is 12.1 Å². The summed E-state index contributed by atoms with van der Waals surface area (Å²) >= 11 is 3.34. The molecule has 1 fully saturated rings. The van der Waals surface area contributed by atoms with Gasteiger partial charge in [-0.05, 0) is 36.5 Å². The summed E-state index contributed by atoms with van der Waals surface area (Å²) < 4.78 is 0.892. The maximum atomic E-state index is 12.1. The minimum Gasteiger partial charge on any atom is -0.398 e. The number of carbonyl (C=O) groups excluding carboxylic acids is 1. The van der Waals surface area contributed by atoms with Crippen LogP contribution in [0.15, 0.2) is 22.7 Å². The van der Waals surface area contributed by atoms with Gasteiger partial charge < -0.3 is 11.1 Å². The first-order valence-electron chi connectivity index (χ1n) is 7.39. The van der Waals surface area contributed by atoms with E-state index in [2.05, 4.69) is 28.2 Å². The molecule has 1 aliphatic carbocycles. The van der Waals surface area contributed by atoms with Gasteiger partial charge in [0.25, 0.3) is 5.91 Å². The molecule has 0 aliphatic heterocycles. The number of halogens is 1. The second-order valence-corrected chi connectivity index (χ2v) is 6.82. The van der Waals surface area contributed by atoms with E-state index in [0.29, 0.717) is 11.3 Å². The monoisotopic (exact) mass is 338 g/mol. The molecule has 4 heteroatoms. The van der Waals surface area contributed by atoms with Crippen LogP contribution in [-0.2, 0) is 0 Å². The molecule has 0 atom stereocenters. The minimum absolute atomic E-state index is 0.0702. The maximum absolute atomic E-state index is 12.1. The Hall–Kier alpha value is -1.03. The summed E-state index contributed by atoms with van der Waals surface area (Å²) in [6.07, 6.45) is 6.35. The van der Waals surface area contributed by atoms with E-state index in [4.69, 9.17) is 5.73 Å². The first-order chi connectivity index (χ1) is 9.56. The third-order valence-corrected chi connectivity index (χ3v) is 4.73. The van der Waals surface area contributed by atoms with E-state index in [0.717, 1.165) is 29.3 Å². The van der Waals surface area contributed by atoms with Gasteiger partial charge in [-0.15, -0.1) is 0 Å². The molecule has 0 aromatic heterocycles. The Morgan fingerprint density at radius 2 is 2.05 bits per heavy atom. The van der Waals surface area contributed by atoms with Crippen LogP contribution in [0.1, 0.15) is 49.4 Å². The van der Waals surface area contributed by atoms with Crippen molar-refractivity contribution in [3.05, 3.63) is 28.2 Å². The second kappa shape index (κ2) is 7.11. The van der Waals surface area contributed by atoms with Crippen molar-refractivity contribution in [3.8, 4) is 0 Å². The Morgan fingerprint density at radius 1 is 1.35 bits per heavy atom. The summed E-state index contributed by atoms with van der Waals surface area (Å²) in [5.74, 6) is 1.58. The van der Waals surface area contributed by atoms with Crippen molar-refractivity contribution < 1.29 is 4.79 Å². The number of amides is 1. The molecule has 3 N–H and O–H groups in total. The molecule has 0 saturated heterocycles. The molecule has 1 saturated carbocycles. The van der Waals surface area contributed by atoms with Crippen LogP contribution in [0, 0.1) is 11.8 Å². The molecule has 0 unspecified atom stereocenters. The zero-order valence-corrected chi connectivity index (χ0v) is 13.6. The first kappa shape index (κ1) is 15.4. The lowest BCUT2D eigenvalue weighted by Crippen LogP contribution is -2.27. The Bertz CT molecular complexity index is 468. The van der Waals surface area contributed by atoms with Crippen LogP contribution in [0.25, 0.3) is 0 Å². The van der Waals surface area contributed by atoms with Gasteiger partial charge in [0.2, 0.25) is 0 Å². The molecule has 110 valence electrons. The highest BCUT2D eigenvalue weighted by Gasteiger charge is 2.18.